The third-order valence-electron chi connectivity index (χ3n) is 4.22. The lowest BCUT2D eigenvalue weighted by atomic mass is 9.64. The van der Waals surface area contributed by atoms with E-state index in [0.29, 0.717) is 18.8 Å². The largest absolute Gasteiger partial charge is 0.480 e. The summed E-state index contributed by atoms with van der Waals surface area (Å²) in [7, 11) is 0. The van der Waals surface area contributed by atoms with Gasteiger partial charge in [-0.2, -0.15) is 0 Å². The quantitative estimate of drug-likeness (QED) is 0.874. The van der Waals surface area contributed by atoms with E-state index in [0.717, 1.165) is 12.1 Å². The Morgan fingerprint density at radius 3 is 2.35 bits per heavy atom. The minimum Gasteiger partial charge on any atom is -0.480 e. The van der Waals surface area contributed by atoms with Gasteiger partial charge in [0.1, 0.15) is 5.54 Å². The van der Waals surface area contributed by atoms with E-state index in [4.69, 9.17) is 0 Å². The fraction of sp³-hybridized carbons (Fsp3) is 0.588. The van der Waals surface area contributed by atoms with Crippen LogP contribution >= 0.6 is 0 Å². The Morgan fingerprint density at radius 1 is 1.25 bits per heavy atom. The van der Waals surface area contributed by atoms with Crippen LogP contribution in [0.15, 0.2) is 24.3 Å². The molecule has 110 valence electrons. The SMILES string of the molecule is Cc1ccc(NC2(C(=O)O)CC(C)CC(C)(C)C2)cc1. The number of rotatable bonds is 3. The Bertz CT molecular complexity index is 492. The van der Waals surface area contributed by atoms with Crippen molar-refractivity contribution in [2.75, 3.05) is 5.32 Å². The van der Waals surface area contributed by atoms with Crippen molar-refractivity contribution < 1.29 is 9.90 Å². The van der Waals surface area contributed by atoms with E-state index >= 15 is 0 Å². The molecule has 2 rings (SSSR count). The fourth-order valence-corrected chi connectivity index (χ4v) is 3.80. The maximum atomic E-state index is 11.9. The van der Waals surface area contributed by atoms with Gasteiger partial charge < -0.3 is 10.4 Å². The second kappa shape index (κ2) is 5.12. The number of aryl methyl sites for hydroxylation is 1. The van der Waals surface area contributed by atoms with E-state index in [1.54, 1.807) is 0 Å². The van der Waals surface area contributed by atoms with Crippen molar-refractivity contribution in [3.8, 4) is 0 Å². The first-order valence-corrected chi connectivity index (χ1v) is 7.31. The maximum Gasteiger partial charge on any atom is 0.329 e. The topological polar surface area (TPSA) is 49.3 Å². The van der Waals surface area contributed by atoms with Gasteiger partial charge in [0, 0.05) is 5.69 Å². The Balaban J connectivity index is 2.30. The molecular formula is C17H25NO2. The number of hydrogen-bond acceptors (Lipinski definition) is 2. The van der Waals surface area contributed by atoms with Crippen LogP contribution in [0.5, 0.6) is 0 Å². The van der Waals surface area contributed by atoms with Gasteiger partial charge in [-0.1, -0.05) is 38.5 Å². The molecule has 0 bridgehead atoms. The molecule has 2 unspecified atom stereocenters. The van der Waals surface area contributed by atoms with Crippen molar-refractivity contribution >= 4 is 11.7 Å². The van der Waals surface area contributed by atoms with Crippen molar-refractivity contribution in [1.29, 1.82) is 0 Å². The van der Waals surface area contributed by atoms with E-state index in [9.17, 15) is 9.90 Å². The van der Waals surface area contributed by atoms with Crippen LogP contribution in [0.2, 0.25) is 0 Å². The number of benzene rings is 1. The summed E-state index contributed by atoms with van der Waals surface area (Å²) in [4.78, 5) is 11.9. The molecule has 1 aromatic rings. The number of carboxylic acid groups (broad SMARTS) is 1. The number of anilines is 1. The van der Waals surface area contributed by atoms with Crippen molar-refractivity contribution in [3.05, 3.63) is 29.8 Å². The van der Waals surface area contributed by atoms with Crippen LogP contribution in [0.1, 0.15) is 45.6 Å². The van der Waals surface area contributed by atoms with E-state index in [1.165, 1.54) is 5.56 Å². The molecule has 0 heterocycles. The molecule has 1 aliphatic carbocycles. The molecular weight excluding hydrogens is 250 g/mol. The van der Waals surface area contributed by atoms with Crippen molar-refractivity contribution in [3.63, 3.8) is 0 Å². The molecule has 0 radical (unpaired) electrons. The zero-order valence-corrected chi connectivity index (χ0v) is 12.9. The number of carbonyl (C=O) groups is 1. The summed E-state index contributed by atoms with van der Waals surface area (Å²) in [5, 5.41) is 13.1. The number of aliphatic carboxylic acids is 1. The predicted octanol–water partition coefficient (Wildman–Crippen LogP) is 4.08. The lowest BCUT2D eigenvalue weighted by Crippen LogP contribution is -2.53. The summed E-state index contributed by atoms with van der Waals surface area (Å²) < 4.78 is 0. The van der Waals surface area contributed by atoms with Crippen LogP contribution in [0.25, 0.3) is 0 Å². The van der Waals surface area contributed by atoms with Gasteiger partial charge in [-0.05, 0) is 49.7 Å². The molecule has 1 fully saturated rings. The Morgan fingerprint density at radius 2 is 1.85 bits per heavy atom. The number of hydrogen-bond donors (Lipinski definition) is 2. The zero-order chi connectivity index (χ0) is 15.0. The highest BCUT2D eigenvalue weighted by Gasteiger charge is 2.48. The first-order chi connectivity index (χ1) is 9.22. The van der Waals surface area contributed by atoms with Gasteiger partial charge in [0.25, 0.3) is 0 Å². The van der Waals surface area contributed by atoms with Crippen molar-refractivity contribution in [2.45, 2.75) is 52.5 Å². The van der Waals surface area contributed by atoms with Gasteiger partial charge in [-0.15, -0.1) is 0 Å². The molecule has 0 aliphatic heterocycles. The number of carboxylic acids is 1. The van der Waals surface area contributed by atoms with Gasteiger partial charge in [0.05, 0.1) is 0 Å². The Labute approximate surface area is 121 Å². The highest BCUT2D eigenvalue weighted by atomic mass is 16.4. The molecule has 0 amide bonds. The second-order valence-corrected chi connectivity index (χ2v) is 7.23. The van der Waals surface area contributed by atoms with Crippen LogP contribution in [0, 0.1) is 18.3 Å². The summed E-state index contributed by atoms with van der Waals surface area (Å²) >= 11 is 0. The highest BCUT2D eigenvalue weighted by molar-refractivity contribution is 5.83. The minimum atomic E-state index is -0.851. The summed E-state index contributed by atoms with van der Waals surface area (Å²) in [5.74, 6) is -0.328. The van der Waals surface area contributed by atoms with E-state index in [2.05, 4.69) is 26.1 Å². The summed E-state index contributed by atoms with van der Waals surface area (Å²) in [6.07, 6.45) is 2.42. The molecule has 3 heteroatoms. The third kappa shape index (κ3) is 3.14. The van der Waals surface area contributed by atoms with Crippen LogP contribution < -0.4 is 5.32 Å². The molecule has 1 saturated carbocycles. The number of nitrogens with one attached hydrogen (secondary N) is 1. The van der Waals surface area contributed by atoms with Crippen molar-refractivity contribution in [1.82, 2.24) is 0 Å². The second-order valence-electron chi connectivity index (χ2n) is 7.23. The summed E-state index contributed by atoms with van der Waals surface area (Å²) in [6.45, 7) is 8.51. The maximum absolute atomic E-state index is 11.9. The first kappa shape index (κ1) is 14.9. The smallest absolute Gasteiger partial charge is 0.329 e. The lowest BCUT2D eigenvalue weighted by Gasteiger charge is -2.46. The van der Waals surface area contributed by atoms with Crippen molar-refractivity contribution in [2.24, 2.45) is 11.3 Å². The van der Waals surface area contributed by atoms with Crippen LogP contribution in [-0.2, 0) is 4.79 Å². The Hall–Kier alpha value is -1.51. The molecule has 3 nitrogen and oxygen atoms in total. The average molecular weight is 275 g/mol. The standard InChI is InChI=1S/C17H25NO2/c1-12-5-7-14(8-6-12)18-17(15(19)20)10-13(2)9-16(3,4)11-17/h5-8,13,18H,9-11H2,1-4H3,(H,19,20). The van der Waals surface area contributed by atoms with Crippen LogP contribution in [0.3, 0.4) is 0 Å². The monoisotopic (exact) mass is 275 g/mol. The molecule has 0 spiro atoms. The lowest BCUT2D eigenvalue weighted by molar-refractivity contribution is -0.145. The van der Waals surface area contributed by atoms with Gasteiger partial charge >= 0.3 is 5.97 Å². The van der Waals surface area contributed by atoms with Crippen LogP contribution in [-0.4, -0.2) is 16.6 Å². The van der Waals surface area contributed by atoms with Gasteiger partial charge in [-0.25, -0.2) is 4.79 Å². The molecule has 1 aromatic carbocycles. The van der Waals surface area contributed by atoms with Gasteiger partial charge in [0.2, 0.25) is 0 Å². The fourth-order valence-electron chi connectivity index (χ4n) is 3.80. The molecule has 0 saturated heterocycles. The molecule has 2 atom stereocenters. The Kier molecular flexibility index (Phi) is 3.81. The van der Waals surface area contributed by atoms with E-state index in [-0.39, 0.29) is 5.41 Å². The van der Waals surface area contributed by atoms with E-state index in [1.807, 2.05) is 31.2 Å². The average Bonchev–Trinajstić information content (AvgIpc) is 2.29. The molecule has 0 aromatic heterocycles. The van der Waals surface area contributed by atoms with Gasteiger partial charge in [0.15, 0.2) is 0 Å². The first-order valence-electron chi connectivity index (χ1n) is 7.31. The summed E-state index contributed by atoms with van der Waals surface area (Å²) in [6, 6.07) is 7.95. The predicted molar refractivity (Wildman–Crippen MR) is 82.0 cm³/mol. The summed E-state index contributed by atoms with van der Waals surface area (Å²) in [5.41, 5.74) is 1.27. The van der Waals surface area contributed by atoms with Gasteiger partial charge in [-0.3, -0.25) is 0 Å². The molecule has 2 N–H and O–H groups in total. The zero-order valence-electron chi connectivity index (χ0n) is 12.9. The normalized spacial score (nSPS) is 28.9. The minimum absolute atomic E-state index is 0.0494. The third-order valence-corrected chi connectivity index (χ3v) is 4.22. The molecule has 20 heavy (non-hydrogen) atoms. The van der Waals surface area contributed by atoms with E-state index < -0.39 is 11.5 Å². The molecule has 1 aliphatic rings. The highest BCUT2D eigenvalue weighted by Crippen LogP contribution is 2.45. The van der Waals surface area contributed by atoms with Crippen LogP contribution in [0.4, 0.5) is 5.69 Å².